The number of benzene rings is 1. The van der Waals surface area contributed by atoms with Gasteiger partial charge in [-0.2, -0.15) is 0 Å². The van der Waals surface area contributed by atoms with E-state index in [0.717, 1.165) is 55.4 Å². The number of aliphatic hydroxyl groups excluding tert-OH is 1. The number of hydrogen-bond acceptors (Lipinski definition) is 3. The van der Waals surface area contributed by atoms with Gasteiger partial charge in [0, 0.05) is 6.42 Å². The molecule has 1 aromatic carbocycles. The summed E-state index contributed by atoms with van der Waals surface area (Å²) < 4.78 is 0. The Kier molecular flexibility index (Phi) is 7.90. The van der Waals surface area contributed by atoms with Crippen LogP contribution in [0.4, 0.5) is 0 Å². The first-order chi connectivity index (χ1) is 16.6. The number of carbonyl (C=O) groups excluding carboxylic acids is 1. The highest BCUT2D eigenvalue weighted by molar-refractivity contribution is 5.91. The molecule has 4 nitrogen and oxygen atoms in total. The highest BCUT2D eigenvalue weighted by Crippen LogP contribution is 2.61. The second-order valence-corrected chi connectivity index (χ2v) is 12.3. The lowest BCUT2D eigenvalue weighted by Gasteiger charge is -2.53. The van der Waals surface area contributed by atoms with E-state index in [4.69, 9.17) is 5.11 Å². The van der Waals surface area contributed by atoms with E-state index in [0.29, 0.717) is 17.6 Å². The Hall–Kier alpha value is -1.94. The zero-order valence-corrected chi connectivity index (χ0v) is 22.0. The van der Waals surface area contributed by atoms with Gasteiger partial charge in [-0.3, -0.25) is 9.59 Å². The number of fused-ring (bicyclic) bond motifs is 5. The molecule has 0 aliphatic heterocycles. The average molecular weight is 481 g/mol. The van der Waals surface area contributed by atoms with Gasteiger partial charge in [0.1, 0.15) is 0 Å². The highest BCUT2D eigenvalue weighted by Gasteiger charge is 2.55. The van der Waals surface area contributed by atoms with Crippen molar-refractivity contribution < 1.29 is 19.8 Å². The molecule has 4 aliphatic carbocycles. The molecule has 1 unspecified atom stereocenters. The van der Waals surface area contributed by atoms with Gasteiger partial charge < -0.3 is 10.2 Å². The summed E-state index contributed by atoms with van der Waals surface area (Å²) in [5.74, 6) is 2.82. The number of carboxylic acids is 1. The molecule has 3 fully saturated rings. The van der Waals surface area contributed by atoms with E-state index >= 15 is 0 Å². The van der Waals surface area contributed by atoms with E-state index in [9.17, 15) is 14.7 Å². The maximum absolute atomic E-state index is 11.6. The molecule has 2 N–H and O–H groups in total. The normalized spacial score (nSPS) is 34.6. The molecule has 0 saturated heterocycles. The molecule has 35 heavy (non-hydrogen) atoms. The molecule has 192 valence electrons. The largest absolute Gasteiger partial charge is 0.481 e. The van der Waals surface area contributed by atoms with Gasteiger partial charge in [-0.15, -0.1) is 0 Å². The first-order valence-corrected chi connectivity index (χ1v) is 13.8. The molecule has 5 rings (SSSR count). The summed E-state index contributed by atoms with van der Waals surface area (Å²) in [6.07, 6.45) is 11.9. The molecular formula is C31H44O4. The van der Waals surface area contributed by atoms with Crippen molar-refractivity contribution in [3.63, 3.8) is 0 Å². The second kappa shape index (κ2) is 10.6. The molecule has 4 aliphatic rings. The molecule has 4 heteroatoms. The van der Waals surface area contributed by atoms with E-state index in [1.54, 1.807) is 6.92 Å². The smallest absolute Gasteiger partial charge is 0.310 e. The van der Waals surface area contributed by atoms with Gasteiger partial charge in [0.15, 0.2) is 5.78 Å². The van der Waals surface area contributed by atoms with E-state index in [1.807, 2.05) is 30.3 Å². The number of ketones is 1. The summed E-state index contributed by atoms with van der Waals surface area (Å²) >= 11 is 0. The molecule has 0 spiro atoms. The fraction of sp³-hybridized carbons (Fsp3) is 0.677. The number of carboxylic acid groups (broad SMARTS) is 1. The van der Waals surface area contributed by atoms with Crippen LogP contribution in [-0.2, 0) is 16.0 Å². The Labute approximate surface area is 211 Å². The maximum Gasteiger partial charge on any atom is 0.310 e. The monoisotopic (exact) mass is 480 g/mol. The Morgan fingerprint density at radius 1 is 1.00 bits per heavy atom. The van der Waals surface area contributed by atoms with Crippen LogP contribution < -0.4 is 0 Å². The quantitative estimate of drug-likeness (QED) is 0.512. The molecule has 3 saturated carbocycles. The van der Waals surface area contributed by atoms with Gasteiger partial charge in [-0.25, -0.2) is 0 Å². The van der Waals surface area contributed by atoms with Crippen molar-refractivity contribution in [1.29, 1.82) is 0 Å². The van der Waals surface area contributed by atoms with Crippen LogP contribution in [0.25, 0.3) is 0 Å². The van der Waals surface area contributed by atoms with Gasteiger partial charge in [0.25, 0.3) is 0 Å². The fourth-order valence-electron chi connectivity index (χ4n) is 7.71. The van der Waals surface area contributed by atoms with Crippen LogP contribution in [0, 0.1) is 35.0 Å². The molecular weight excluding hydrogens is 436 g/mol. The second-order valence-electron chi connectivity index (χ2n) is 12.3. The number of aliphatic carboxylic acids is 1. The molecule has 0 bridgehead atoms. The predicted molar refractivity (Wildman–Crippen MR) is 139 cm³/mol. The van der Waals surface area contributed by atoms with Crippen molar-refractivity contribution in [2.24, 2.45) is 35.0 Å². The Balaban J connectivity index is 0.000000174. The maximum atomic E-state index is 11.6. The Morgan fingerprint density at radius 2 is 1.71 bits per heavy atom. The topological polar surface area (TPSA) is 74.6 Å². The van der Waals surface area contributed by atoms with Crippen molar-refractivity contribution in [3.05, 3.63) is 47.0 Å². The minimum Gasteiger partial charge on any atom is -0.481 e. The first kappa shape index (κ1) is 26.1. The zero-order chi connectivity index (χ0) is 25.3. The van der Waals surface area contributed by atoms with Crippen LogP contribution in [0.15, 0.2) is 35.9 Å². The third-order valence-electron chi connectivity index (χ3n) is 9.74. The zero-order valence-electron chi connectivity index (χ0n) is 22.0. The molecule has 0 radical (unpaired) electrons. The third-order valence-corrected chi connectivity index (χ3v) is 9.74. The van der Waals surface area contributed by atoms with Crippen LogP contribution >= 0.6 is 0 Å². The van der Waals surface area contributed by atoms with Gasteiger partial charge in [0.05, 0.1) is 12.0 Å². The molecule has 1 aromatic rings. The van der Waals surface area contributed by atoms with E-state index in [-0.39, 0.29) is 11.5 Å². The lowest BCUT2D eigenvalue weighted by Crippen LogP contribution is -2.47. The molecule has 0 amide bonds. The summed E-state index contributed by atoms with van der Waals surface area (Å²) in [5.41, 5.74) is 3.79. The summed E-state index contributed by atoms with van der Waals surface area (Å²) in [5, 5.41) is 19.2. The first-order valence-electron chi connectivity index (χ1n) is 13.8. The summed E-state index contributed by atoms with van der Waals surface area (Å²) in [4.78, 5) is 22.4. The minimum absolute atomic E-state index is 0.0710. The van der Waals surface area contributed by atoms with Crippen LogP contribution in [0.5, 0.6) is 0 Å². The van der Waals surface area contributed by atoms with Crippen molar-refractivity contribution in [3.8, 4) is 0 Å². The average Bonchev–Trinajstić information content (AvgIpc) is 3.13. The number of rotatable bonds is 4. The van der Waals surface area contributed by atoms with E-state index in [2.05, 4.69) is 20.8 Å². The van der Waals surface area contributed by atoms with Gasteiger partial charge in [-0.1, -0.05) is 50.6 Å². The molecule has 7 atom stereocenters. The van der Waals surface area contributed by atoms with E-state index in [1.165, 1.54) is 36.8 Å². The number of aliphatic hydroxyl groups is 1. The van der Waals surface area contributed by atoms with Crippen LogP contribution in [-0.4, -0.2) is 28.1 Å². The minimum atomic E-state index is -0.772. The van der Waals surface area contributed by atoms with Gasteiger partial charge in [-0.05, 0) is 110 Å². The Bertz CT molecular complexity index is 945. The summed E-state index contributed by atoms with van der Waals surface area (Å²) in [7, 11) is 0. The fourth-order valence-corrected chi connectivity index (χ4v) is 7.71. The van der Waals surface area contributed by atoms with Gasteiger partial charge in [0.2, 0.25) is 0 Å². The standard InChI is InChI=1S/C18H26O2.C13H18O2/c1-18-9-8-14-13-5-3-12(19)10-11(13)2-4-15(14)16(18)6-7-17(18)20;1-9(2)8-11-4-6-12(7-5-11)10(3)13(14)15/h10,13-17,20H,2-9H2,1H3;4-7,9-10H,8H2,1-3H3,(H,14,15)/t13-,14+,15+,16-,17-,18-;/m0./s1. The van der Waals surface area contributed by atoms with Crippen molar-refractivity contribution in [2.75, 3.05) is 0 Å². The summed E-state index contributed by atoms with van der Waals surface area (Å²) in [6, 6.07) is 7.87. The number of hydrogen-bond donors (Lipinski definition) is 2. The molecule has 0 aromatic heterocycles. The van der Waals surface area contributed by atoms with Crippen molar-refractivity contribution in [1.82, 2.24) is 0 Å². The van der Waals surface area contributed by atoms with Crippen LogP contribution in [0.1, 0.15) is 96.1 Å². The van der Waals surface area contributed by atoms with Gasteiger partial charge >= 0.3 is 5.97 Å². The third kappa shape index (κ3) is 5.43. The van der Waals surface area contributed by atoms with Crippen molar-refractivity contribution in [2.45, 2.75) is 97.5 Å². The van der Waals surface area contributed by atoms with Crippen molar-refractivity contribution >= 4 is 11.8 Å². The Morgan fingerprint density at radius 3 is 2.37 bits per heavy atom. The lowest BCUT2D eigenvalue weighted by atomic mass is 9.52. The number of allylic oxidation sites excluding steroid dienone is 1. The SMILES string of the molecule is CC(C)Cc1ccc(C(C)C(=O)O)cc1.C[C@]12CC[C@H]3[C@@H](CCC4=CC(=O)CC[C@@H]43)[C@@H]1CC[C@@H]2O. The van der Waals surface area contributed by atoms with E-state index < -0.39 is 11.9 Å². The van der Waals surface area contributed by atoms with Crippen LogP contribution in [0.2, 0.25) is 0 Å². The molecule has 0 heterocycles. The predicted octanol–water partition coefficient (Wildman–Crippen LogP) is 6.56. The van der Waals surface area contributed by atoms with Crippen LogP contribution in [0.3, 0.4) is 0 Å². The highest BCUT2D eigenvalue weighted by atomic mass is 16.4. The number of carbonyl (C=O) groups is 2. The lowest BCUT2D eigenvalue weighted by molar-refractivity contribution is -0.138. The summed E-state index contributed by atoms with van der Waals surface area (Å²) in [6.45, 7) is 8.39.